The van der Waals surface area contributed by atoms with Gasteiger partial charge in [-0.2, -0.15) is 0 Å². The van der Waals surface area contributed by atoms with E-state index >= 15 is 0 Å². The highest BCUT2D eigenvalue weighted by Crippen LogP contribution is 2.21. The number of amides is 1. The van der Waals surface area contributed by atoms with Gasteiger partial charge in [-0.05, 0) is 45.4 Å². The van der Waals surface area contributed by atoms with E-state index in [1.807, 2.05) is 25.7 Å². The molecule has 0 aliphatic carbocycles. The largest absolute Gasteiger partial charge is 0.444 e. The molecule has 8 heteroatoms. The van der Waals surface area contributed by atoms with Gasteiger partial charge in [-0.15, -0.1) is 0 Å². The second-order valence-electron chi connectivity index (χ2n) is 7.91. The third-order valence-electron chi connectivity index (χ3n) is 4.27. The number of carbonyl (C=O) groups excluding carboxylic acids is 1. The lowest BCUT2D eigenvalue weighted by molar-refractivity contribution is 0.0186. The number of piperazine rings is 1. The Labute approximate surface area is 159 Å². The Hall–Kier alpha value is -2.35. The molecule has 1 aliphatic rings. The molecular formula is C19H29FN4O3. The van der Waals surface area contributed by atoms with Crippen molar-refractivity contribution in [3.63, 3.8) is 0 Å². The smallest absolute Gasteiger partial charge is 0.410 e. The van der Waals surface area contributed by atoms with Gasteiger partial charge in [0.15, 0.2) is 5.96 Å². The van der Waals surface area contributed by atoms with Gasteiger partial charge in [-0.3, -0.25) is 0 Å². The lowest BCUT2D eigenvalue weighted by Crippen LogP contribution is -2.53. The van der Waals surface area contributed by atoms with Crippen molar-refractivity contribution in [3.8, 4) is 0 Å². The fourth-order valence-corrected chi connectivity index (χ4v) is 2.68. The Morgan fingerprint density at radius 2 is 1.67 bits per heavy atom. The summed E-state index contributed by atoms with van der Waals surface area (Å²) < 4.78 is 18.4. The van der Waals surface area contributed by atoms with E-state index in [2.05, 4.69) is 4.99 Å². The van der Waals surface area contributed by atoms with Crippen molar-refractivity contribution < 1.29 is 19.0 Å². The van der Waals surface area contributed by atoms with Crippen LogP contribution in [0.1, 0.15) is 33.3 Å². The van der Waals surface area contributed by atoms with Crippen LogP contribution in [-0.4, -0.2) is 65.3 Å². The van der Waals surface area contributed by atoms with Crippen molar-refractivity contribution in [2.45, 2.75) is 38.9 Å². The molecule has 1 heterocycles. The Balaban J connectivity index is 1.90. The number of nitrogens with two attached hydrogens (primary N) is 1. The summed E-state index contributed by atoms with van der Waals surface area (Å²) in [5.74, 6) is -0.0540. The second-order valence-corrected chi connectivity index (χ2v) is 7.91. The van der Waals surface area contributed by atoms with Gasteiger partial charge < -0.3 is 25.4 Å². The number of aliphatic imine (C=N–C) groups is 1. The van der Waals surface area contributed by atoms with Gasteiger partial charge in [0.05, 0.1) is 6.54 Å². The predicted molar refractivity (Wildman–Crippen MR) is 102 cm³/mol. The zero-order chi connectivity index (χ0) is 20.2. The SMILES string of the molecule is CC(C)(C)OC(=O)N1CCN(C(N)=NCC(C)(O)c2ccc(F)cc2)CC1. The number of guanidine groups is 1. The molecule has 1 atom stereocenters. The number of rotatable bonds is 3. The highest BCUT2D eigenvalue weighted by molar-refractivity contribution is 5.78. The molecule has 1 amide bonds. The first kappa shape index (κ1) is 21.0. The number of halogens is 1. The Morgan fingerprint density at radius 3 is 2.19 bits per heavy atom. The lowest BCUT2D eigenvalue weighted by atomic mass is 9.96. The average Bonchev–Trinajstić information content (AvgIpc) is 2.59. The molecule has 150 valence electrons. The minimum absolute atomic E-state index is 0.0523. The first-order valence-corrected chi connectivity index (χ1v) is 8.99. The highest BCUT2D eigenvalue weighted by Gasteiger charge is 2.27. The fourth-order valence-electron chi connectivity index (χ4n) is 2.68. The molecule has 1 unspecified atom stereocenters. The molecule has 1 saturated heterocycles. The van der Waals surface area contributed by atoms with Crippen molar-refractivity contribution in [1.82, 2.24) is 9.80 Å². The molecule has 0 spiro atoms. The summed E-state index contributed by atoms with van der Waals surface area (Å²) in [6.07, 6.45) is -0.336. The van der Waals surface area contributed by atoms with E-state index < -0.39 is 11.2 Å². The van der Waals surface area contributed by atoms with Crippen LogP contribution in [0, 0.1) is 5.82 Å². The molecule has 1 aromatic carbocycles. The molecule has 1 fully saturated rings. The van der Waals surface area contributed by atoms with Gasteiger partial charge >= 0.3 is 6.09 Å². The molecule has 0 saturated carbocycles. The summed E-state index contributed by atoms with van der Waals surface area (Å²) in [6, 6.07) is 5.65. The number of nitrogens with zero attached hydrogens (tertiary/aromatic N) is 3. The summed E-state index contributed by atoms with van der Waals surface area (Å²) in [7, 11) is 0. The van der Waals surface area contributed by atoms with Gasteiger partial charge in [-0.25, -0.2) is 14.2 Å². The number of benzene rings is 1. The fraction of sp³-hybridized carbons (Fsp3) is 0.579. The maximum atomic E-state index is 13.0. The minimum atomic E-state index is -1.25. The number of hydrogen-bond acceptors (Lipinski definition) is 4. The molecule has 1 aliphatic heterocycles. The monoisotopic (exact) mass is 380 g/mol. The molecule has 2 rings (SSSR count). The number of aliphatic hydroxyl groups is 1. The maximum absolute atomic E-state index is 13.0. The van der Waals surface area contributed by atoms with E-state index in [0.717, 1.165) is 0 Å². The molecule has 0 radical (unpaired) electrons. The van der Waals surface area contributed by atoms with Gasteiger partial charge in [0.25, 0.3) is 0 Å². The summed E-state index contributed by atoms with van der Waals surface area (Å²) in [6.45, 7) is 9.20. The number of hydrogen-bond donors (Lipinski definition) is 2. The van der Waals surface area contributed by atoms with Crippen LogP contribution in [0.5, 0.6) is 0 Å². The summed E-state index contributed by atoms with van der Waals surface area (Å²) in [5, 5.41) is 10.6. The molecule has 7 nitrogen and oxygen atoms in total. The van der Waals surface area contributed by atoms with E-state index in [1.165, 1.54) is 24.3 Å². The first-order valence-electron chi connectivity index (χ1n) is 8.99. The van der Waals surface area contributed by atoms with Crippen LogP contribution in [0.15, 0.2) is 29.3 Å². The van der Waals surface area contributed by atoms with Crippen LogP contribution < -0.4 is 5.73 Å². The maximum Gasteiger partial charge on any atom is 0.410 e. The third kappa shape index (κ3) is 6.09. The normalized spacial score (nSPS) is 18.2. The summed E-state index contributed by atoms with van der Waals surface area (Å²) >= 11 is 0. The Morgan fingerprint density at radius 1 is 1.15 bits per heavy atom. The van der Waals surface area contributed by atoms with E-state index in [4.69, 9.17) is 10.5 Å². The van der Waals surface area contributed by atoms with Crippen LogP contribution in [0.3, 0.4) is 0 Å². The van der Waals surface area contributed by atoms with Gasteiger partial charge in [0.2, 0.25) is 0 Å². The first-order chi connectivity index (χ1) is 12.5. The third-order valence-corrected chi connectivity index (χ3v) is 4.27. The van der Waals surface area contributed by atoms with Crippen LogP contribution >= 0.6 is 0 Å². The highest BCUT2D eigenvalue weighted by atomic mass is 19.1. The van der Waals surface area contributed by atoms with Crippen molar-refractivity contribution in [1.29, 1.82) is 0 Å². The second kappa shape index (κ2) is 8.12. The number of carbonyl (C=O) groups is 1. The van der Waals surface area contributed by atoms with E-state index in [0.29, 0.717) is 37.7 Å². The van der Waals surface area contributed by atoms with Gasteiger partial charge in [0, 0.05) is 26.2 Å². The lowest BCUT2D eigenvalue weighted by Gasteiger charge is -2.36. The molecular weight excluding hydrogens is 351 g/mol. The molecule has 3 N–H and O–H groups in total. The standard InChI is InChI=1S/C19H29FN4O3/c1-18(2,3)27-17(25)24-11-9-23(10-12-24)16(21)22-13-19(4,26)14-5-7-15(20)8-6-14/h5-8,26H,9-13H2,1-4H3,(H2,21,22). The summed E-state index contributed by atoms with van der Waals surface area (Å²) in [4.78, 5) is 19.9. The molecule has 0 bridgehead atoms. The summed E-state index contributed by atoms with van der Waals surface area (Å²) in [5.41, 5.74) is 4.84. The Bertz CT molecular complexity index is 675. The van der Waals surface area contributed by atoms with Gasteiger partial charge in [0.1, 0.15) is 17.0 Å². The van der Waals surface area contributed by atoms with Crippen LogP contribution in [0.2, 0.25) is 0 Å². The van der Waals surface area contributed by atoms with E-state index in [-0.39, 0.29) is 18.5 Å². The zero-order valence-electron chi connectivity index (χ0n) is 16.4. The topological polar surface area (TPSA) is 91.4 Å². The van der Waals surface area contributed by atoms with Crippen LogP contribution in [-0.2, 0) is 10.3 Å². The molecule has 27 heavy (non-hydrogen) atoms. The van der Waals surface area contributed by atoms with E-state index in [1.54, 1.807) is 11.8 Å². The Kier molecular flexibility index (Phi) is 6.30. The quantitative estimate of drug-likeness (QED) is 0.617. The van der Waals surface area contributed by atoms with E-state index in [9.17, 15) is 14.3 Å². The minimum Gasteiger partial charge on any atom is -0.444 e. The average molecular weight is 380 g/mol. The zero-order valence-corrected chi connectivity index (χ0v) is 16.4. The molecule has 0 aromatic heterocycles. The van der Waals surface area contributed by atoms with Crippen LogP contribution in [0.4, 0.5) is 9.18 Å². The van der Waals surface area contributed by atoms with Crippen molar-refractivity contribution >= 4 is 12.1 Å². The van der Waals surface area contributed by atoms with Gasteiger partial charge in [-0.1, -0.05) is 12.1 Å². The van der Waals surface area contributed by atoms with Crippen LogP contribution in [0.25, 0.3) is 0 Å². The predicted octanol–water partition coefficient (Wildman–Crippen LogP) is 1.90. The number of ether oxygens (including phenoxy) is 1. The van der Waals surface area contributed by atoms with Crippen molar-refractivity contribution in [3.05, 3.63) is 35.6 Å². The van der Waals surface area contributed by atoms with Crippen molar-refractivity contribution in [2.24, 2.45) is 10.7 Å². The van der Waals surface area contributed by atoms with Crippen molar-refractivity contribution in [2.75, 3.05) is 32.7 Å². The molecule has 1 aromatic rings.